The summed E-state index contributed by atoms with van der Waals surface area (Å²) >= 11 is 0. The van der Waals surface area contributed by atoms with Gasteiger partial charge in [-0.25, -0.2) is 9.67 Å². The predicted octanol–water partition coefficient (Wildman–Crippen LogP) is 12.6. The fourth-order valence-electron chi connectivity index (χ4n) is 8.18. The van der Waals surface area contributed by atoms with Crippen LogP contribution in [0.15, 0.2) is 90.6 Å². The Morgan fingerprint density at radius 2 is 1.55 bits per heavy atom. The molecular formula is C46H54N4O. The second-order valence-corrected chi connectivity index (χ2v) is 17.2. The van der Waals surface area contributed by atoms with Crippen molar-refractivity contribution in [1.29, 1.82) is 0 Å². The third kappa shape index (κ3) is 6.41. The van der Waals surface area contributed by atoms with E-state index in [4.69, 9.17) is 14.8 Å². The Labute approximate surface area is 304 Å². The summed E-state index contributed by atoms with van der Waals surface area (Å²) in [5.74, 6) is 3.71. The number of nitrogens with zero attached hydrogens (tertiary/aromatic N) is 4. The van der Waals surface area contributed by atoms with E-state index in [2.05, 4.69) is 158 Å². The average molecular weight is 679 g/mol. The van der Waals surface area contributed by atoms with Gasteiger partial charge >= 0.3 is 0 Å². The Balaban J connectivity index is 1.40. The number of para-hydroxylation sites is 1. The quantitative estimate of drug-likeness (QED) is 0.165. The van der Waals surface area contributed by atoms with E-state index in [1.165, 1.54) is 50.8 Å². The van der Waals surface area contributed by atoms with Crippen molar-refractivity contribution in [2.24, 2.45) is 5.92 Å². The molecule has 0 aliphatic heterocycles. The fraction of sp³-hybridized carbons (Fsp3) is 0.391. The summed E-state index contributed by atoms with van der Waals surface area (Å²) in [5.41, 5.74) is 10.7. The van der Waals surface area contributed by atoms with Crippen LogP contribution < -0.4 is 4.74 Å². The number of ether oxygens (including phenoxy) is 1. The molecule has 0 amide bonds. The summed E-state index contributed by atoms with van der Waals surface area (Å²) in [5, 5.41) is 7.92. The van der Waals surface area contributed by atoms with Crippen molar-refractivity contribution >= 4 is 21.8 Å². The van der Waals surface area contributed by atoms with Gasteiger partial charge in [0.2, 0.25) is 0 Å². The molecule has 0 N–H and O–H groups in total. The minimum Gasteiger partial charge on any atom is -0.457 e. The molecule has 7 rings (SSSR count). The van der Waals surface area contributed by atoms with Crippen molar-refractivity contribution < 1.29 is 4.74 Å². The number of rotatable bonds is 6. The average Bonchev–Trinajstić information content (AvgIpc) is 3.62. The summed E-state index contributed by atoms with van der Waals surface area (Å²) in [6.07, 6.45) is 6.69. The highest BCUT2D eigenvalue weighted by Crippen LogP contribution is 2.47. The first kappa shape index (κ1) is 34.8. The minimum absolute atomic E-state index is 0.118. The zero-order valence-electron chi connectivity index (χ0n) is 32.4. The molecule has 1 aliphatic carbocycles. The highest BCUT2D eigenvalue weighted by atomic mass is 16.5. The van der Waals surface area contributed by atoms with Crippen LogP contribution in [0.4, 0.5) is 0 Å². The van der Waals surface area contributed by atoms with Gasteiger partial charge in [0.15, 0.2) is 0 Å². The molecule has 264 valence electrons. The lowest BCUT2D eigenvalue weighted by molar-refractivity contribution is 0.431. The molecule has 51 heavy (non-hydrogen) atoms. The van der Waals surface area contributed by atoms with Gasteiger partial charge in [0.1, 0.15) is 17.3 Å². The molecule has 0 saturated heterocycles. The van der Waals surface area contributed by atoms with Crippen molar-refractivity contribution in [2.45, 2.75) is 112 Å². The van der Waals surface area contributed by atoms with Crippen molar-refractivity contribution in [2.75, 3.05) is 0 Å². The molecule has 0 saturated carbocycles. The number of allylic oxidation sites excluding steroid dienone is 2. The molecule has 3 aromatic carbocycles. The molecule has 0 unspecified atom stereocenters. The van der Waals surface area contributed by atoms with Crippen LogP contribution in [0.3, 0.4) is 0 Å². The number of hydrogen-bond donors (Lipinski definition) is 0. The number of pyridine rings is 1. The molecule has 6 aromatic rings. The van der Waals surface area contributed by atoms with Gasteiger partial charge in [-0.05, 0) is 92.1 Å². The summed E-state index contributed by atoms with van der Waals surface area (Å²) in [7, 11) is 0. The third-order valence-corrected chi connectivity index (χ3v) is 10.6. The maximum absolute atomic E-state index is 6.85. The van der Waals surface area contributed by atoms with Crippen molar-refractivity contribution in [3.63, 3.8) is 0 Å². The van der Waals surface area contributed by atoms with Crippen molar-refractivity contribution in [3.05, 3.63) is 119 Å². The Bertz CT molecular complexity index is 2280. The van der Waals surface area contributed by atoms with Crippen LogP contribution in [0.1, 0.15) is 122 Å². The largest absolute Gasteiger partial charge is 0.457 e. The lowest BCUT2D eigenvalue weighted by Gasteiger charge is -2.34. The van der Waals surface area contributed by atoms with E-state index in [1.54, 1.807) is 0 Å². The van der Waals surface area contributed by atoms with Gasteiger partial charge in [-0.2, -0.15) is 5.10 Å². The van der Waals surface area contributed by atoms with Crippen LogP contribution >= 0.6 is 0 Å². The van der Waals surface area contributed by atoms with E-state index in [-0.39, 0.29) is 10.8 Å². The molecule has 2 atom stereocenters. The predicted molar refractivity (Wildman–Crippen MR) is 213 cm³/mol. The van der Waals surface area contributed by atoms with Gasteiger partial charge < -0.3 is 4.74 Å². The highest BCUT2D eigenvalue weighted by Gasteiger charge is 2.39. The van der Waals surface area contributed by atoms with Crippen LogP contribution in [-0.4, -0.2) is 19.3 Å². The Hall–Kier alpha value is -4.64. The van der Waals surface area contributed by atoms with Crippen LogP contribution in [0.2, 0.25) is 0 Å². The fourth-order valence-corrected chi connectivity index (χ4v) is 8.18. The number of fused-ring (bicyclic) bond motifs is 3. The molecule has 1 aliphatic rings. The smallest absolute Gasteiger partial charge is 0.137 e. The standard InChI is InChI=1S/C46H54N4O/c1-28(2)32-24-33(50-44(46(9,10)11)42(43(48-50)45(6,7)8)41-30(4)15-14-16-31(41)5)26-35(25-32)51-34-19-20-37-36-17-12-13-18-38(36)49(39(37)27-34)40-23-29(3)21-22-47-40/h12-13,15,17-28,31,41H,14,16H2,1-11H3/t31-,41+/m0/s1. The molecule has 0 radical (unpaired) electrons. The SMILES string of the molecule is CC1=CCC[C@H](C)[C@@H]1c1c(C(C)(C)C)nn(-c2cc(Oc3ccc4c5ccccc5n(-c5cc(C)ccn5)c4c3)cc(C(C)C)c2)c1C(C)(C)C. The first-order valence-electron chi connectivity index (χ1n) is 18.7. The van der Waals surface area contributed by atoms with Crippen LogP contribution in [0, 0.1) is 12.8 Å². The van der Waals surface area contributed by atoms with Crippen LogP contribution in [0.5, 0.6) is 11.5 Å². The van der Waals surface area contributed by atoms with Crippen molar-refractivity contribution in [3.8, 4) is 23.0 Å². The summed E-state index contributed by atoms with van der Waals surface area (Å²) in [6.45, 7) is 25.3. The third-order valence-electron chi connectivity index (χ3n) is 10.6. The van der Waals surface area contributed by atoms with E-state index >= 15 is 0 Å². The second kappa shape index (κ2) is 12.8. The molecule has 0 bridgehead atoms. The molecule has 0 spiro atoms. The maximum atomic E-state index is 6.85. The topological polar surface area (TPSA) is 44.9 Å². The summed E-state index contributed by atoms with van der Waals surface area (Å²) in [4.78, 5) is 4.78. The number of benzene rings is 3. The lowest BCUT2D eigenvalue weighted by atomic mass is 9.70. The molecule has 5 nitrogen and oxygen atoms in total. The molecule has 5 heteroatoms. The molecule has 3 aromatic heterocycles. The molecule has 0 fully saturated rings. The Kier molecular flexibility index (Phi) is 8.76. The van der Waals surface area contributed by atoms with Gasteiger partial charge in [0.25, 0.3) is 0 Å². The molecular weight excluding hydrogens is 625 g/mol. The number of aromatic nitrogens is 4. The van der Waals surface area contributed by atoms with Gasteiger partial charge in [0.05, 0.1) is 28.1 Å². The lowest BCUT2D eigenvalue weighted by Crippen LogP contribution is -2.25. The monoisotopic (exact) mass is 678 g/mol. The van der Waals surface area contributed by atoms with Gasteiger partial charge in [-0.1, -0.05) is 92.2 Å². The number of hydrogen-bond acceptors (Lipinski definition) is 3. The van der Waals surface area contributed by atoms with E-state index in [9.17, 15) is 0 Å². The normalized spacial score (nSPS) is 17.1. The van der Waals surface area contributed by atoms with Gasteiger partial charge in [-0.3, -0.25) is 4.57 Å². The zero-order chi connectivity index (χ0) is 36.4. The van der Waals surface area contributed by atoms with Crippen molar-refractivity contribution in [1.82, 2.24) is 19.3 Å². The highest BCUT2D eigenvalue weighted by molar-refractivity contribution is 6.09. The Morgan fingerprint density at radius 1 is 0.804 bits per heavy atom. The number of aryl methyl sites for hydroxylation is 1. The molecule has 3 heterocycles. The van der Waals surface area contributed by atoms with Gasteiger partial charge in [-0.15, -0.1) is 0 Å². The summed E-state index contributed by atoms with van der Waals surface area (Å²) in [6, 6.07) is 25.8. The van der Waals surface area contributed by atoms with Crippen LogP contribution in [0.25, 0.3) is 33.3 Å². The minimum atomic E-state index is -0.138. The maximum Gasteiger partial charge on any atom is 0.137 e. The zero-order valence-corrected chi connectivity index (χ0v) is 32.4. The van der Waals surface area contributed by atoms with Gasteiger partial charge in [0, 0.05) is 51.4 Å². The van der Waals surface area contributed by atoms with Crippen LogP contribution in [-0.2, 0) is 10.8 Å². The van der Waals surface area contributed by atoms with E-state index < -0.39 is 0 Å². The van der Waals surface area contributed by atoms with E-state index in [0.717, 1.165) is 40.5 Å². The first-order valence-corrected chi connectivity index (χ1v) is 18.7. The van der Waals surface area contributed by atoms with E-state index in [1.807, 2.05) is 12.3 Å². The summed E-state index contributed by atoms with van der Waals surface area (Å²) < 4.78 is 11.4. The Morgan fingerprint density at radius 3 is 2.24 bits per heavy atom. The second-order valence-electron chi connectivity index (χ2n) is 17.2. The first-order chi connectivity index (χ1) is 24.1. The van der Waals surface area contributed by atoms with E-state index in [0.29, 0.717) is 17.8 Å².